The number of hydrogen-bond acceptors (Lipinski definition) is 3. The van der Waals surface area contributed by atoms with E-state index in [0.29, 0.717) is 12.6 Å². The molecular formula is C10H19F3N2O. The van der Waals surface area contributed by atoms with Crippen LogP contribution in [0.5, 0.6) is 0 Å². The number of piperazine rings is 1. The lowest BCUT2D eigenvalue weighted by molar-refractivity contribution is -0.325. The van der Waals surface area contributed by atoms with Gasteiger partial charge in [-0.2, -0.15) is 0 Å². The van der Waals surface area contributed by atoms with Crippen LogP contribution < -0.4 is 5.32 Å². The molecule has 3 nitrogen and oxygen atoms in total. The van der Waals surface area contributed by atoms with Crippen LogP contribution in [0.15, 0.2) is 0 Å². The van der Waals surface area contributed by atoms with Crippen LogP contribution in [0.1, 0.15) is 20.3 Å². The third kappa shape index (κ3) is 4.67. The van der Waals surface area contributed by atoms with E-state index in [4.69, 9.17) is 0 Å². The van der Waals surface area contributed by atoms with E-state index in [2.05, 4.69) is 17.0 Å². The maximum absolute atomic E-state index is 11.8. The predicted octanol–water partition coefficient (Wildman–Crippen LogP) is 1.60. The Balaban J connectivity index is 2.28. The minimum atomic E-state index is -4.51. The summed E-state index contributed by atoms with van der Waals surface area (Å²) in [4.78, 5) is 2.04. The van der Waals surface area contributed by atoms with Gasteiger partial charge in [-0.1, -0.05) is 6.92 Å². The van der Waals surface area contributed by atoms with Crippen molar-refractivity contribution in [2.45, 2.75) is 38.7 Å². The molecule has 2 atom stereocenters. The first-order valence-electron chi connectivity index (χ1n) is 5.60. The molecule has 1 fully saturated rings. The van der Waals surface area contributed by atoms with Gasteiger partial charge in [-0.05, 0) is 13.3 Å². The van der Waals surface area contributed by atoms with Crippen molar-refractivity contribution in [1.82, 2.24) is 10.2 Å². The van der Waals surface area contributed by atoms with Gasteiger partial charge in [0.25, 0.3) is 0 Å². The molecule has 2 unspecified atom stereocenters. The van der Waals surface area contributed by atoms with Crippen LogP contribution in [0.3, 0.4) is 0 Å². The second kappa shape index (κ2) is 5.84. The molecule has 6 heteroatoms. The molecule has 0 amide bonds. The number of rotatable bonds is 4. The maximum Gasteiger partial charge on any atom is 0.522 e. The molecule has 1 N–H and O–H groups in total. The molecule has 96 valence electrons. The second-order valence-corrected chi connectivity index (χ2v) is 4.15. The van der Waals surface area contributed by atoms with Gasteiger partial charge in [-0.15, -0.1) is 13.2 Å². The van der Waals surface area contributed by atoms with Gasteiger partial charge in [-0.25, -0.2) is 0 Å². The zero-order chi connectivity index (χ0) is 12.2. The molecule has 1 aliphatic heterocycles. The van der Waals surface area contributed by atoms with Crippen molar-refractivity contribution in [3.63, 3.8) is 0 Å². The average Bonchev–Trinajstić information content (AvgIpc) is 2.19. The third-order valence-corrected chi connectivity index (χ3v) is 2.92. The Kier molecular flexibility index (Phi) is 5.01. The number of alkyl halides is 3. The van der Waals surface area contributed by atoms with Gasteiger partial charge in [0.1, 0.15) is 0 Å². The number of nitrogens with one attached hydrogen (secondary N) is 1. The fourth-order valence-corrected chi connectivity index (χ4v) is 1.86. The first-order valence-corrected chi connectivity index (χ1v) is 5.60. The number of hydrogen-bond donors (Lipinski definition) is 1. The second-order valence-electron chi connectivity index (χ2n) is 4.15. The molecule has 16 heavy (non-hydrogen) atoms. The molecule has 0 spiro atoms. The number of ether oxygens (including phenoxy) is 1. The molecule has 1 saturated heterocycles. The van der Waals surface area contributed by atoms with Gasteiger partial charge < -0.3 is 5.32 Å². The molecule has 1 heterocycles. The van der Waals surface area contributed by atoms with E-state index in [-0.39, 0.29) is 12.6 Å². The highest BCUT2D eigenvalue weighted by molar-refractivity contribution is 4.82. The molecule has 0 aliphatic carbocycles. The van der Waals surface area contributed by atoms with Crippen molar-refractivity contribution in [2.24, 2.45) is 0 Å². The first-order chi connectivity index (χ1) is 7.42. The molecule has 0 aromatic heterocycles. The largest absolute Gasteiger partial charge is 0.522 e. The van der Waals surface area contributed by atoms with E-state index in [1.807, 2.05) is 11.8 Å². The summed E-state index contributed by atoms with van der Waals surface area (Å²) in [5.41, 5.74) is 0. The highest BCUT2D eigenvalue weighted by Gasteiger charge is 2.30. The van der Waals surface area contributed by atoms with Crippen LogP contribution in [0, 0.1) is 0 Å². The van der Waals surface area contributed by atoms with Crippen molar-refractivity contribution in [1.29, 1.82) is 0 Å². The highest BCUT2D eigenvalue weighted by Crippen LogP contribution is 2.16. The molecule has 1 rings (SSSR count). The Bertz CT molecular complexity index is 211. The maximum atomic E-state index is 11.8. The average molecular weight is 240 g/mol. The van der Waals surface area contributed by atoms with Crippen molar-refractivity contribution in [2.75, 3.05) is 26.2 Å². The molecule has 0 radical (unpaired) electrons. The summed E-state index contributed by atoms with van der Waals surface area (Å²) in [5, 5.41) is 3.35. The van der Waals surface area contributed by atoms with E-state index < -0.39 is 6.36 Å². The molecule has 0 aromatic rings. The molecule has 0 saturated carbocycles. The fourth-order valence-electron chi connectivity index (χ4n) is 1.86. The van der Waals surface area contributed by atoms with Crippen LogP contribution in [-0.4, -0.2) is 49.6 Å². The van der Waals surface area contributed by atoms with Crippen LogP contribution in [0.2, 0.25) is 0 Å². The van der Waals surface area contributed by atoms with E-state index >= 15 is 0 Å². The van der Waals surface area contributed by atoms with Crippen LogP contribution >= 0.6 is 0 Å². The number of halogens is 3. The van der Waals surface area contributed by atoms with E-state index in [0.717, 1.165) is 19.5 Å². The fraction of sp³-hybridized carbons (Fsp3) is 1.00. The summed E-state index contributed by atoms with van der Waals surface area (Å²) < 4.78 is 39.2. The SMILES string of the molecule is CCC1CN(CCOC(F)(F)F)C(C)CN1. The van der Waals surface area contributed by atoms with Gasteiger partial charge >= 0.3 is 6.36 Å². The normalized spacial score (nSPS) is 28.3. The van der Waals surface area contributed by atoms with Gasteiger partial charge in [0, 0.05) is 31.7 Å². The summed E-state index contributed by atoms with van der Waals surface area (Å²) in [5.74, 6) is 0. The van der Waals surface area contributed by atoms with Crippen molar-refractivity contribution in [3.05, 3.63) is 0 Å². The Labute approximate surface area is 93.9 Å². The topological polar surface area (TPSA) is 24.5 Å². The minimum Gasteiger partial charge on any atom is -0.311 e. The molecule has 0 aromatic carbocycles. The molecule has 0 bridgehead atoms. The standard InChI is InChI=1S/C10H19F3N2O/c1-3-9-7-15(8(2)6-14-9)4-5-16-10(11,12)13/h8-9,14H,3-7H2,1-2H3. The Hall–Kier alpha value is -0.330. The van der Waals surface area contributed by atoms with E-state index in [1.54, 1.807) is 0 Å². The Morgan fingerprint density at radius 3 is 2.69 bits per heavy atom. The summed E-state index contributed by atoms with van der Waals surface area (Å²) in [6.45, 7) is 5.73. The minimum absolute atomic E-state index is 0.264. The summed E-state index contributed by atoms with van der Waals surface area (Å²) in [6.07, 6.45) is -3.52. The zero-order valence-corrected chi connectivity index (χ0v) is 9.68. The van der Waals surface area contributed by atoms with Crippen molar-refractivity contribution < 1.29 is 17.9 Å². The summed E-state index contributed by atoms with van der Waals surface area (Å²) in [7, 11) is 0. The van der Waals surface area contributed by atoms with Crippen molar-refractivity contribution >= 4 is 0 Å². The lowest BCUT2D eigenvalue weighted by atomic mass is 10.1. The zero-order valence-electron chi connectivity index (χ0n) is 9.68. The smallest absolute Gasteiger partial charge is 0.311 e. The van der Waals surface area contributed by atoms with E-state index in [9.17, 15) is 13.2 Å². The number of nitrogens with zero attached hydrogens (tertiary/aromatic N) is 1. The Morgan fingerprint density at radius 1 is 1.44 bits per heavy atom. The lowest BCUT2D eigenvalue weighted by Crippen LogP contribution is -2.55. The molecular weight excluding hydrogens is 221 g/mol. The van der Waals surface area contributed by atoms with Gasteiger partial charge in [0.05, 0.1) is 6.61 Å². The highest BCUT2D eigenvalue weighted by atomic mass is 19.4. The summed E-state index contributed by atoms with van der Waals surface area (Å²) in [6, 6.07) is 0.640. The van der Waals surface area contributed by atoms with Gasteiger partial charge in [0.2, 0.25) is 0 Å². The van der Waals surface area contributed by atoms with Crippen molar-refractivity contribution in [3.8, 4) is 0 Å². The lowest BCUT2D eigenvalue weighted by Gasteiger charge is -2.38. The monoisotopic (exact) mass is 240 g/mol. The van der Waals surface area contributed by atoms with Crippen LogP contribution in [-0.2, 0) is 4.74 Å². The third-order valence-electron chi connectivity index (χ3n) is 2.92. The predicted molar refractivity (Wildman–Crippen MR) is 55.1 cm³/mol. The van der Waals surface area contributed by atoms with E-state index in [1.165, 1.54) is 0 Å². The first kappa shape index (κ1) is 13.7. The van der Waals surface area contributed by atoms with Gasteiger partial charge in [0.15, 0.2) is 0 Å². The Morgan fingerprint density at radius 2 is 2.12 bits per heavy atom. The van der Waals surface area contributed by atoms with Crippen LogP contribution in [0.4, 0.5) is 13.2 Å². The quantitative estimate of drug-likeness (QED) is 0.807. The summed E-state index contributed by atoms with van der Waals surface area (Å²) >= 11 is 0. The van der Waals surface area contributed by atoms with Gasteiger partial charge in [-0.3, -0.25) is 9.64 Å². The molecule has 1 aliphatic rings. The van der Waals surface area contributed by atoms with Crippen LogP contribution in [0.25, 0.3) is 0 Å².